The van der Waals surface area contributed by atoms with E-state index in [-0.39, 0.29) is 23.7 Å². The molecule has 0 unspecified atom stereocenters. The fourth-order valence-corrected chi connectivity index (χ4v) is 2.54. The Kier molecular flexibility index (Phi) is 6.30. The Morgan fingerprint density at radius 2 is 1.71 bits per heavy atom. The molecule has 0 aliphatic heterocycles. The van der Waals surface area contributed by atoms with Gasteiger partial charge in [0.25, 0.3) is 0 Å². The van der Waals surface area contributed by atoms with Crippen molar-refractivity contribution in [1.82, 2.24) is 5.32 Å². The third-order valence-electron chi connectivity index (χ3n) is 4.01. The monoisotopic (exact) mass is 325 g/mol. The van der Waals surface area contributed by atoms with E-state index in [1.807, 2.05) is 0 Å². The van der Waals surface area contributed by atoms with E-state index in [0.29, 0.717) is 0 Å². The molecule has 2 nitrogen and oxygen atoms in total. The molecule has 0 aromatic heterocycles. The minimum absolute atomic E-state index is 0.0405. The zero-order valence-electron chi connectivity index (χ0n) is 14.4. The third kappa shape index (κ3) is 5.05. The first-order chi connectivity index (χ1) is 11.5. The van der Waals surface area contributed by atoms with Crippen LogP contribution in [0.2, 0.25) is 0 Å². The normalized spacial score (nSPS) is 12.5. The Balaban J connectivity index is 2.06. The number of hydrogen-bond acceptors (Lipinski definition) is 1. The Bertz CT molecular complexity index is 687. The summed E-state index contributed by atoms with van der Waals surface area (Å²) in [5.74, 6) is -0.162. The second-order valence-corrected chi connectivity index (χ2v) is 6.21. The Morgan fingerprint density at radius 3 is 2.25 bits per heavy atom. The summed E-state index contributed by atoms with van der Waals surface area (Å²) in [6.07, 6.45) is 4.18. The number of aryl methyl sites for hydroxylation is 1. The Hall–Kier alpha value is -2.42. The summed E-state index contributed by atoms with van der Waals surface area (Å²) in [5, 5.41) is 3.05. The van der Waals surface area contributed by atoms with Crippen LogP contribution in [0.25, 0.3) is 6.08 Å². The lowest BCUT2D eigenvalue weighted by molar-refractivity contribution is -0.117. The molecule has 3 heteroatoms. The van der Waals surface area contributed by atoms with Crippen molar-refractivity contribution in [2.24, 2.45) is 5.92 Å². The Morgan fingerprint density at radius 1 is 1.08 bits per heavy atom. The van der Waals surface area contributed by atoms with Crippen molar-refractivity contribution in [1.29, 1.82) is 0 Å². The number of carbonyl (C=O) groups excluding carboxylic acids is 1. The SMILES string of the molecule is CCc1ccc([C@@H](NC(=O)/C=C/c2ccc(F)cc2)C(C)C)cc1. The van der Waals surface area contributed by atoms with Crippen LogP contribution in [-0.2, 0) is 11.2 Å². The van der Waals surface area contributed by atoms with Gasteiger partial charge >= 0.3 is 0 Å². The predicted molar refractivity (Wildman–Crippen MR) is 97.0 cm³/mol. The largest absolute Gasteiger partial charge is 0.345 e. The average Bonchev–Trinajstić information content (AvgIpc) is 2.59. The maximum atomic E-state index is 12.9. The average molecular weight is 325 g/mol. The van der Waals surface area contributed by atoms with E-state index in [9.17, 15) is 9.18 Å². The summed E-state index contributed by atoms with van der Waals surface area (Å²) in [7, 11) is 0. The molecule has 2 aromatic rings. The molecule has 0 saturated carbocycles. The number of hydrogen-bond donors (Lipinski definition) is 1. The maximum absolute atomic E-state index is 12.9. The molecular weight excluding hydrogens is 301 g/mol. The van der Waals surface area contributed by atoms with Crippen LogP contribution in [0.3, 0.4) is 0 Å². The van der Waals surface area contributed by atoms with Crippen molar-refractivity contribution in [3.8, 4) is 0 Å². The van der Waals surface area contributed by atoms with Crippen molar-refractivity contribution in [3.05, 3.63) is 77.1 Å². The van der Waals surface area contributed by atoms with E-state index in [1.54, 1.807) is 18.2 Å². The molecule has 0 bridgehead atoms. The molecule has 0 radical (unpaired) electrons. The van der Waals surface area contributed by atoms with Gasteiger partial charge in [0, 0.05) is 6.08 Å². The molecule has 0 fully saturated rings. The summed E-state index contributed by atoms with van der Waals surface area (Å²) in [6, 6.07) is 14.4. The summed E-state index contributed by atoms with van der Waals surface area (Å²) in [5.41, 5.74) is 3.18. The number of amides is 1. The number of carbonyl (C=O) groups is 1. The van der Waals surface area contributed by atoms with Crippen molar-refractivity contribution < 1.29 is 9.18 Å². The van der Waals surface area contributed by atoms with Crippen LogP contribution in [-0.4, -0.2) is 5.91 Å². The second kappa shape index (κ2) is 8.44. The van der Waals surface area contributed by atoms with Gasteiger partial charge in [-0.25, -0.2) is 4.39 Å². The smallest absolute Gasteiger partial charge is 0.244 e. The molecule has 0 heterocycles. The lowest BCUT2D eigenvalue weighted by Gasteiger charge is -2.22. The first kappa shape index (κ1) is 17.9. The van der Waals surface area contributed by atoms with Crippen LogP contribution < -0.4 is 5.32 Å². The Labute approximate surface area is 143 Å². The lowest BCUT2D eigenvalue weighted by Crippen LogP contribution is -2.30. The highest BCUT2D eigenvalue weighted by atomic mass is 19.1. The number of halogens is 1. The van der Waals surface area contributed by atoms with Gasteiger partial charge in [-0.2, -0.15) is 0 Å². The van der Waals surface area contributed by atoms with Gasteiger partial charge in [0.2, 0.25) is 5.91 Å². The van der Waals surface area contributed by atoms with Gasteiger partial charge in [-0.1, -0.05) is 57.2 Å². The van der Waals surface area contributed by atoms with Crippen molar-refractivity contribution in [2.75, 3.05) is 0 Å². The van der Waals surface area contributed by atoms with Crippen LogP contribution in [0.1, 0.15) is 43.5 Å². The van der Waals surface area contributed by atoms with Gasteiger partial charge in [0.05, 0.1) is 6.04 Å². The summed E-state index contributed by atoms with van der Waals surface area (Å²) in [4.78, 5) is 12.2. The quantitative estimate of drug-likeness (QED) is 0.751. The molecule has 0 spiro atoms. The van der Waals surface area contributed by atoms with Crippen LogP contribution in [0.5, 0.6) is 0 Å². The molecule has 2 aromatic carbocycles. The summed E-state index contributed by atoms with van der Waals surface area (Å²) >= 11 is 0. The highest BCUT2D eigenvalue weighted by Gasteiger charge is 2.17. The minimum Gasteiger partial charge on any atom is -0.345 e. The maximum Gasteiger partial charge on any atom is 0.244 e. The summed E-state index contributed by atoms with van der Waals surface area (Å²) < 4.78 is 12.9. The third-order valence-corrected chi connectivity index (χ3v) is 4.01. The fraction of sp³-hybridized carbons (Fsp3) is 0.286. The first-order valence-electron chi connectivity index (χ1n) is 8.32. The molecule has 0 aliphatic carbocycles. The van der Waals surface area contributed by atoms with Gasteiger partial charge in [0.1, 0.15) is 5.82 Å². The highest BCUT2D eigenvalue weighted by Crippen LogP contribution is 2.22. The number of rotatable bonds is 6. The highest BCUT2D eigenvalue weighted by molar-refractivity contribution is 5.92. The van der Waals surface area contributed by atoms with Gasteiger partial charge < -0.3 is 5.32 Å². The summed E-state index contributed by atoms with van der Waals surface area (Å²) in [6.45, 7) is 6.29. The molecule has 1 atom stereocenters. The molecule has 24 heavy (non-hydrogen) atoms. The van der Waals surface area contributed by atoms with E-state index in [0.717, 1.165) is 17.5 Å². The lowest BCUT2D eigenvalue weighted by atomic mass is 9.95. The zero-order chi connectivity index (χ0) is 17.5. The number of benzene rings is 2. The fourth-order valence-electron chi connectivity index (χ4n) is 2.54. The van der Waals surface area contributed by atoms with Gasteiger partial charge in [-0.05, 0) is 47.2 Å². The van der Waals surface area contributed by atoms with Crippen molar-refractivity contribution in [2.45, 2.75) is 33.2 Å². The van der Waals surface area contributed by atoms with Gasteiger partial charge in [-0.3, -0.25) is 4.79 Å². The van der Waals surface area contributed by atoms with Crippen LogP contribution in [0.15, 0.2) is 54.6 Å². The van der Waals surface area contributed by atoms with Crippen molar-refractivity contribution >= 4 is 12.0 Å². The standard InChI is InChI=1S/C21H24FNO/c1-4-16-5-10-18(11-6-16)21(15(2)3)23-20(24)14-9-17-7-12-19(22)13-8-17/h5-15,21H,4H2,1-3H3,(H,23,24)/b14-9+/t21-/m0/s1. The van der Waals surface area contributed by atoms with E-state index >= 15 is 0 Å². The van der Waals surface area contributed by atoms with E-state index in [4.69, 9.17) is 0 Å². The molecule has 1 amide bonds. The molecule has 0 saturated heterocycles. The van der Waals surface area contributed by atoms with Crippen molar-refractivity contribution in [3.63, 3.8) is 0 Å². The van der Waals surface area contributed by atoms with Gasteiger partial charge in [0.15, 0.2) is 0 Å². The zero-order valence-corrected chi connectivity index (χ0v) is 14.4. The molecule has 0 aliphatic rings. The molecular formula is C21H24FNO. The van der Waals surface area contributed by atoms with E-state index in [1.165, 1.54) is 23.8 Å². The minimum atomic E-state index is -0.285. The predicted octanol–water partition coefficient (Wildman–Crippen LogP) is 4.91. The van der Waals surface area contributed by atoms with Gasteiger partial charge in [-0.15, -0.1) is 0 Å². The number of nitrogens with one attached hydrogen (secondary N) is 1. The van der Waals surface area contributed by atoms with Crippen LogP contribution in [0, 0.1) is 11.7 Å². The van der Waals surface area contributed by atoms with Crippen LogP contribution >= 0.6 is 0 Å². The van der Waals surface area contributed by atoms with E-state index in [2.05, 4.69) is 50.4 Å². The first-order valence-corrected chi connectivity index (χ1v) is 8.32. The second-order valence-electron chi connectivity index (χ2n) is 6.21. The molecule has 1 N–H and O–H groups in total. The topological polar surface area (TPSA) is 29.1 Å². The molecule has 2 rings (SSSR count). The molecule has 126 valence electrons. The van der Waals surface area contributed by atoms with E-state index < -0.39 is 0 Å². The van der Waals surface area contributed by atoms with Crippen LogP contribution in [0.4, 0.5) is 4.39 Å².